The molecule has 2 aromatic rings. The van der Waals surface area contributed by atoms with Gasteiger partial charge in [-0.15, -0.1) is 11.3 Å². The molecule has 0 aliphatic heterocycles. The zero-order valence-electron chi connectivity index (χ0n) is 13.8. The van der Waals surface area contributed by atoms with Gasteiger partial charge in [0.15, 0.2) is 0 Å². The quantitative estimate of drug-likeness (QED) is 0.723. The van der Waals surface area contributed by atoms with Crippen LogP contribution in [0.1, 0.15) is 44.6 Å². The van der Waals surface area contributed by atoms with E-state index in [4.69, 9.17) is 11.6 Å². The van der Waals surface area contributed by atoms with Crippen molar-refractivity contribution in [2.45, 2.75) is 47.0 Å². The van der Waals surface area contributed by atoms with Gasteiger partial charge in [-0.05, 0) is 48.3 Å². The molecule has 0 aromatic carbocycles. The molecule has 3 rings (SSSR count). The number of aromatic nitrogens is 2. The molecule has 5 heteroatoms. The Labute approximate surface area is 141 Å². The van der Waals surface area contributed by atoms with Crippen LogP contribution in [-0.4, -0.2) is 23.1 Å². The van der Waals surface area contributed by atoms with E-state index >= 15 is 0 Å². The second-order valence-electron chi connectivity index (χ2n) is 7.05. The van der Waals surface area contributed by atoms with Crippen LogP contribution in [0.5, 0.6) is 0 Å². The number of rotatable bonds is 5. The Balaban J connectivity index is 2.13. The first-order valence-electron chi connectivity index (χ1n) is 8.18. The molecular weight excluding hydrogens is 314 g/mol. The predicted octanol–water partition coefficient (Wildman–Crippen LogP) is 4.95. The number of anilines is 1. The van der Waals surface area contributed by atoms with E-state index in [9.17, 15) is 0 Å². The van der Waals surface area contributed by atoms with Crippen LogP contribution in [0, 0.1) is 11.8 Å². The maximum Gasteiger partial charge on any atom is 0.225 e. The van der Waals surface area contributed by atoms with Crippen LogP contribution in [-0.2, 0) is 12.8 Å². The summed E-state index contributed by atoms with van der Waals surface area (Å²) in [7, 11) is 0. The smallest absolute Gasteiger partial charge is 0.225 e. The van der Waals surface area contributed by atoms with E-state index < -0.39 is 0 Å². The highest BCUT2D eigenvalue weighted by Crippen LogP contribution is 2.41. The van der Waals surface area contributed by atoms with Gasteiger partial charge in [0.2, 0.25) is 5.28 Å². The van der Waals surface area contributed by atoms with Gasteiger partial charge in [0.05, 0.1) is 5.39 Å². The zero-order chi connectivity index (χ0) is 15.9. The maximum atomic E-state index is 6.22. The summed E-state index contributed by atoms with van der Waals surface area (Å²) in [4.78, 5) is 14.1. The lowest BCUT2D eigenvalue weighted by molar-refractivity contribution is 0.550. The van der Waals surface area contributed by atoms with Crippen LogP contribution in [0.3, 0.4) is 0 Å². The Kier molecular flexibility index (Phi) is 4.60. The molecule has 0 radical (unpaired) electrons. The molecule has 0 atom stereocenters. The Morgan fingerprint density at radius 1 is 1.09 bits per heavy atom. The third-order valence-electron chi connectivity index (χ3n) is 3.99. The molecule has 2 aromatic heterocycles. The molecule has 0 bridgehead atoms. The number of nitrogens with zero attached hydrogens (tertiary/aromatic N) is 3. The fourth-order valence-corrected chi connectivity index (χ4v) is 4.78. The highest BCUT2D eigenvalue weighted by molar-refractivity contribution is 7.19. The molecular formula is C17H24ClN3S. The summed E-state index contributed by atoms with van der Waals surface area (Å²) >= 11 is 8.03. The van der Waals surface area contributed by atoms with Gasteiger partial charge in [0.25, 0.3) is 0 Å². The van der Waals surface area contributed by atoms with Crippen molar-refractivity contribution < 1.29 is 0 Å². The molecule has 0 fully saturated rings. The van der Waals surface area contributed by atoms with Gasteiger partial charge < -0.3 is 4.90 Å². The lowest BCUT2D eigenvalue weighted by atomic mass is 10.1. The number of thiophene rings is 1. The first kappa shape index (κ1) is 16.0. The molecule has 3 nitrogen and oxygen atoms in total. The van der Waals surface area contributed by atoms with Gasteiger partial charge in [0.1, 0.15) is 10.6 Å². The monoisotopic (exact) mass is 337 g/mol. The molecule has 0 saturated carbocycles. The molecule has 1 aliphatic carbocycles. The molecule has 120 valence electrons. The molecule has 0 saturated heterocycles. The van der Waals surface area contributed by atoms with E-state index in [1.165, 1.54) is 28.7 Å². The van der Waals surface area contributed by atoms with Crippen LogP contribution in [0.15, 0.2) is 0 Å². The Morgan fingerprint density at radius 3 is 2.41 bits per heavy atom. The second kappa shape index (κ2) is 6.32. The van der Waals surface area contributed by atoms with Gasteiger partial charge >= 0.3 is 0 Å². The first-order chi connectivity index (χ1) is 10.5. The molecule has 1 aliphatic rings. The number of fused-ring (bicyclic) bond motifs is 3. The summed E-state index contributed by atoms with van der Waals surface area (Å²) in [5.74, 6) is 2.24. The number of aryl methyl sites for hydroxylation is 2. The summed E-state index contributed by atoms with van der Waals surface area (Å²) in [5, 5.41) is 1.64. The van der Waals surface area contributed by atoms with Gasteiger partial charge in [-0.2, -0.15) is 4.98 Å². The predicted molar refractivity (Wildman–Crippen MR) is 96.3 cm³/mol. The average molecular weight is 338 g/mol. The van der Waals surface area contributed by atoms with Crippen LogP contribution in [0.2, 0.25) is 5.28 Å². The normalized spacial score (nSPS) is 14.3. The highest BCUT2D eigenvalue weighted by Gasteiger charge is 2.25. The number of hydrogen-bond acceptors (Lipinski definition) is 4. The van der Waals surface area contributed by atoms with Gasteiger partial charge in [-0.25, -0.2) is 4.98 Å². The van der Waals surface area contributed by atoms with Gasteiger partial charge in [-0.3, -0.25) is 0 Å². The van der Waals surface area contributed by atoms with Crippen molar-refractivity contribution in [1.82, 2.24) is 9.97 Å². The maximum absolute atomic E-state index is 6.22. The van der Waals surface area contributed by atoms with E-state index in [1.54, 1.807) is 0 Å². The summed E-state index contributed by atoms with van der Waals surface area (Å²) in [6, 6.07) is 0. The third kappa shape index (κ3) is 3.09. The summed E-state index contributed by atoms with van der Waals surface area (Å²) < 4.78 is 0. The van der Waals surface area contributed by atoms with Crippen molar-refractivity contribution in [2.24, 2.45) is 11.8 Å². The minimum atomic E-state index is 0.375. The van der Waals surface area contributed by atoms with Crippen LogP contribution < -0.4 is 4.90 Å². The van der Waals surface area contributed by atoms with Gasteiger partial charge in [0, 0.05) is 18.0 Å². The average Bonchev–Trinajstić information content (AvgIpc) is 2.95. The van der Waals surface area contributed by atoms with Crippen molar-refractivity contribution >= 4 is 39.0 Å². The minimum absolute atomic E-state index is 0.375. The van der Waals surface area contributed by atoms with Crippen molar-refractivity contribution in [3.8, 4) is 0 Å². The molecule has 0 amide bonds. The summed E-state index contributed by atoms with van der Waals surface area (Å²) in [5.41, 5.74) is 1.48. The molecule has 2 heterocycles. The SMILES string of the molecule is CC(C)CN(CC(C)C)c1nc(Cl)nc2sc3c(c12)CCC3. The Morgan fingerprint density at radius 2 is 1.77 bits per heavy atom. The Hall–Kier alpha value is -0.870. The largest absolute Gasteiger partial charge is 0.355 e. The standard InChI is InChI=1S/C17H24ClN3S/c1-10(2)8-21(9-11(3)4)15-14-12-6-5-7-13(12)22-16(14)20-17(18)19-15/h10-11H,5-9H2,1-4H3. The first-order valence-corrected chi connectivity index (χ1v) is 9.38. The molecule has 22 heavy (non-hydrogen) atoms. The van der Waals surface area contributed by atoms with Crippen molar-refractivity contribution in [3.05, 3.63) is 15.7 Å². The van der Waals surface area contributed by atoms with Gasteiger partial charge in [-0.1, -0.05) is 27.7 Å². The van der Waals surface area contributed by atoms with Crippen LogP contribution >= 0.6 is 22.9 Å². The Bertz CT molecular complexity index is 668. The van der Waals surface area contributed by atoms with E-state index in [1.807, 2.05) is 11.3 Å². The van der Waals surface area contributed by atoms with E-state index in [0.717, 1.165) is 30.2 Å². The van der Waals surface area contributed by atoms with E-state index in [2.05, 4.69) is 42.6 Å². The fraction of sp³-hybridized carbons (Fsp3) is 0.647. The minimum Gasteiger partial charge on any atom is -0.355 e. The molecule has 0 spiro atoms. The van der Waals surface area contributed by atoms with Crippen molar-refractivity contribution in [2.75, 3.05) is 18.0 Å². The molecule has 0 N–H and O–H groups in total. The van der Waals surface area contributed by atoms with Crippen LogP contribution in [0.25, 0.3) is 10.2 Å². The number of halogens is 1. The second-order valence-corrected chi connectivity index (χ2v) is 8.47. The highest BCUT2D eigenvalue weighted by atomic mass is 35.5. The lowest BCUT2D eigenvalue weighted by Gasteiger charge is -2.28. The van der Waals surface area contributed by atoms with E-state index in [-0.39, 0.29) is 0 Å². The van der Waals surface area contributed by atoms with Crippen molar-refractivity contribution in [1.29, 1.82) is 0 Å². The van der Waals surface area contributed by atoms with Crippen molar-refractivity contribution in [3.63, 3.8) is 0 Å². The summed E-state index contributed by atoms with van der Waals surface area (Å²) in [6.07, 6.45) is 3.60. The summed E-state index contributed by atoms with van der Waals surface area (Å²) in [6.45, 7) is 11.0. The van der Waals surface area contributed by atoms with Crippen LogP contribution in [0.4, 0.5) is 5.82 Å². The third-order valence-corrected chi connectivity index (χ3v) is 5.34. The fourth-order valence-electron chi connectivity index (χ4n) is 3.31. The lowest BCUT2D eigenvalue weighted by Crippen LogP contribution is -2.32. The zero-order valence-corrected chi connectivity index (χ0v) is 15.4. The number of hydrogen-bond donors (Lipinski definition) is 0. The van der Waals surface area contributed by atoms with E-state index in [0.29, 0.717) is 17.1 Å². The topological polar surface area (TPSA) is 29.0 Å². The molecule has 0 unspecified atom stereocenters.